The molecule has 3 aromatic rings. The lowest BCUT2D eigenvalue weighted by Gasteiger charge is -2.22. The molecule has 0 fully saturated rings. The quantitative estimate of drug-likeness (QED) is 0.657. The largest absolute Gasteiger partial charge is 0.416 e. The predicted octanol–water partition coefficient (Wildman–Crippen LogP) is 3.82. The number of rotatable bonds is 4. The minimum absolute atomic E-state index is 0.0475. The van der Waals surface area contributed by atoms with Crippen LogP contribution < -0.4 is 11.0 Å². The summed E-state index contributed by atoms with van der Waals surface area (Å²) in [6, 6.07) is 10.1. The molecule has 0 saturated carbocycles. The van der Waals surface area contributed by atoms with Crippen molar-refractivity contribution in [2.24, 2.45) is 0 Å². The summed E-state index contributed by atoms with van der Waals surface area (Å²) >= 11 is 6.08. The summed E-state index contributed by atoms with van der Waals surface area (Å²) in [7, 11) is 0. The number of aromatic nitrogens is 3. The maximum atomic E-state index is 12.8. The van der Waals surface area contributed by atoms with Crippen LogP contribution in [0.25, 0.3) is 11.4 Å². The Kier molecular flexibility index (Phi) is 5.38. The third kappa shape index (κ3) is 4.23. The van der Waals surface area contributed by atoms with Crippen LogP contribution in [0.15, 0.2) is 47.3 Å². The summed E-state index contributed by atoms with van der Waals surface area (Å²) in [5.41, 5.74) is 0.857. The molecule has 0 spiro atoms. The lowest BCUT2D eigenvalue weighted by atomic mass is 9.92. The Morgan fingerprint density at radius 3 is 2.77 bits per heavy atom. The number of carbonyl (C=O) groups is 1. The molecule has 1 aromatic heterocycles. The highest BCUT2D eigenvalue weighted by atomic mass is 35.5. The van der Waals surface area contributed by atoms with Crippen molar-refractivity contribution in [3.63, 3.8) is 0 Å². The first-order valence-electron chi connectivity index (χ1n) is 9.54. The van der Waals surface area contributed by atoms with Gasteiger partial charge in [-0.3, -0.25) is 9.36 Å². The normalized spacial score (nSPS) is 15.3. The third-order valence-corrected chi connectivity index (χ3v) is 5.44. The molecule has 1 N–H and O–H groups in total. The van der Waals surface area contributed by atoms with Crippen molar-refractivity contribution in [3.05, 3.63) is 74.7 Å². The van der Waals surface area contributed by atoms with Gasteiger partial charge in [0.15, 0.2) is 5.82 Å². The molecule has 2 aromatic carbocycles. The molecular weight excluding hydrogens is 433 g/mol. The van der Waals surface area contributed by atoms with Gasteiger partial charge in [0.25, 0.3) is 0 Å². The SMILES string of the molecule is CC1Cn2c(nn(CC(=O)NCc3cccc(C(F)(F)F)c3)c2=O)-c2ccc(Cl)cc21. The number of carbonyl (C=O) groups excluding carboxylic acids is 1. The standard InChI is InChI=1S/C21H18ClF3N4O2/c1-12-10-28-19(16-6-5-15(22)8-17(12)16)27-29(20(28)31)11-18(30)26-9-13-3-2-4-14(7-13)21(23,24)25/h2-8,12H,9-11H2,1H3,(H,26,30). The zero-order chi connectivity index (χ0) is 22.3. The molecule has 162 valence electrons. The zero-order valence-electron chi connectivity index (χ0n) is 16.4. The number of hydrogen-bond acceptors (Lipinski definition) is 3. The van der Waals surface area contributed by atoms with E-state index in [1.165, 1.54) is 16.7 Å². The molecular formula is C21H18ClF3N4O2. The van der Waals surface area contributed by atoms with Gasteiger partial charge in [-0.05, 0) is 41.5 Å². The molecule has 1 aliphatic rings. The molecule has 1 unspecified atom stereocenters. The molecule has 1 amide bonds. The van der Waals surface area contributed by atoms with Gasteiger partial charge < -0.3 is 5.32 Å². The molecule has 0 aliphatic carbocycles. The van der Waals surface area contributed by atoms with Crippen molar-refractivity contribution in [1.29, 1.82) is 0 Å². The van der Waals surface area contributed by atoms with Crippen molar-refractivity contribution in [2.75, 3.05) is 0 Å². The van der Waals surface area contributed by atoms with Gasteiger partial charge in [-0.1, -0.05) is 30.7 Å². The summed E-state index contributed by atoms with van der Waals surface area (Å²) in [5.74, 6) is -0.0222. The lowest BCUT2D eigenvalue weighted by molar-refractivity contribution is -0.137. The van der Waals surface area contributed by atoms with Crippen molar-refractivity contribution in [2.45, 2.75) is 38.7 Å². The minimum Gasteiger partial charge on any atom is -0.350 e. The van der Waals surface area contributed by atoms with Gasteiger partial charge in [0.2, 0.25) is 5.91 Å². The molecule has 2 heterocycles. The van der Waals surface area contributed by atoms with Crippen molar-refractivity contribution >= 4 is 17.5 Å². The van der Waals surface area contributed by atoms with Gasteiger partial charge >= 0.3 is 11.9 Å². The van der Waals surface area contributed by atoms with Crippen molar-refractivity contribution in [3.8, 4) is 11.4 Å². The zero-order valence-corrected chi connectivity index (χ0v) is 17.2. The smallest absolute Gasteiger partial charge is 0.350 e. The summed E-state index contributed by atoms with van der Waals surface area (Å²) in [5, 5.41) is 7.44. The lowest BCUT2D eigenvalue weighted by Crippen LogP contribution is -2.34. The maximum absolute atomic E-state index is 12.8. The average molecular weight is 451 g/mol. The highest BCUT2D eigenvalue weighted by molar-refractivity contribution is 6.30. The van der Waals surface area contributed by atoms with E-state index < -0.39 is 23.3 Å². The van der Waals surface area contributed by atoms with Crippen LogP contribution in [0.5, 0.6) is 0 Å². The number of fused-ring (bicyclic) bond motifs is 3. The van der Waals surface area contributed by atoms with E-state index >= 15 is 0 Å². The molecule has 31 heavy (non-hydrogen) atoms. The van der Waals surface area contributed by atoms with E-state index in [0.717, 1.165) is 27.9 Å². The van der Waals surface area contributed by atoms with Crippen LogP contribution in [0.2, 0.25) is 5.02 Å². The van der Waals surface area contributed by atoms with Gasteiger partial charge in [-0.15, -0.1) is 5.10 Å². The van der Waals surface area contributed by atoms with Gasteiger partial charge in [0.1, 0.15) is 6.54 Å². The Morgan fingerprint density at radius 2 is 2.03 bits per heavy atom. The van der Waals surface area contributed by atoms with Crippen LogP contribution in [-0.4, -0.2) is 20.3 Å². The summed E-state index contributed by atoms with van der Waals surface area (Å²) in [6.07, 6.45) is -4.46. The second-order valence-corrected chi connectivity index (χ2v) is 7.92. The van der Waals surface area contributed by atoms with E-state index in [4.69, 9.17) is 11.6 Å². The summed E-state index contributed by atoms with van der Waals surface area (Å²) < 4.78 is 41.0. The van der Waals surface area contributed by atoms with E-state index in [1.54, 1.807) is 12.1 Å². The maximum Gasteiger partial charge on any atom is 0.416 e. The monoisotopic (exact) mass is 450 g/mol. The second-order valence-electron chi connectivity index (χ2n) is 7.48. The summed E-state index contributed by atoms with van der Waals surface area (Å²) in [4.78, 5) is 25.1. The molecule has 6 nitrogen and oxygen atoms in total. The van der Waals surface area contributed by atoms with E-state index in [0.29, 0.717) is 23.0 Å². The molecule has 0 saturated heterocycles. The number of benzene rings is 2. The van der Waals surface area contributed by atoms with Gasteiger partial charge in [-0.2, -0.15) is 13.2 Å². The Morgan fingerprint density at radius 1 is 1.26 bits per heavy atom. The van der Waals surface area contributed by atoms with Crippen LogP contribution in [0.3, 0.4) is 0 Å². The first kappa shape index (κ1) is 21.2. The molecule has 0 bridgehead atoms. The molecule has 10 heteroatoms. The van der Waals surface area contributed by atoms with E-state index in [-0.39, 0.29) is 19.0 Å². The van der Waals surface area contributed by atoms with Crippen LogP contribution >= 0.6 is 11.6 Å². The van der Waals surface area contributed by atoms with Gasteiger partial charge in [-0.25, -0.2) is 9.48 Å². The van der Waals surface area contributed by atoms with Gasteiger partial charge in [0.05, 0.1) is 5.56 Å². The van der Waals surface area contributed by atoms with E-state index in [9.17, 15) is 22.8 Å². The minimum atomic E-state index is -4.46. The summed E-state index contributed by atoms with van der Waals surface area (Å²) in [6.45, 7) is 1.95. The number of alkyl halides is 3. The average Bonchev–Trinajstić information content (AvgIpc) is 3.02. The highest BCUT2D eigenvalue weighted by Gasteiger charge is 2.30. The Hall–Kier alpha value is -3.07. The van der Waals surface area contributed by atoms with Crippen LogP contribution in [0, 0.1) is 0 Å². The van der Waals surface area contributed by atoms with Gasteiger partial charge in [0, 0.05) is 29.6 Å². The fourth-order valence-corrected chi connectivity index (χ4v) is 3.86. The number of halogens is 4. The predicted molar refractivity (Wildman–Crippen MR) is 109 cm³/mol. The molecule has 1 aliphatic heterocycles. The van der Waals surface area contributed by atoms with E-state index in [1.807, 2.05) is 13.0 Å². The second kappa shape index (κ2) is 7.88. The van der Waals surface area contributed by atoms with Crippen LogP contribution in [0.4, 0.5) is 13.2 Å². The fourth-order valence-electron chi connectivity index (χ4n) is 3.68. The Labute approximate surface area is 180 Å². The van der Waals surface area contributed by atoms with Crippen molar-refractivity contribution in [1.82, 2.24) is 19.7 Å². The highest BCUT2D eigenvalue weighted by Crippen LogP contribution is 2.35. The third-order valence-electron chi connectivity index (χ3n) is 5.20. The van der Waals surface area contributed by atoms with Crippen molar-refractivity contribution < 1.29 is 18.0 Å². The first-order chi connectivity index (χ1) is 14.6. The van der Waals surface area contributed by atoms with Crippen LogP contribution in [-0.2, 0) is 30.6 Å². The van der Waals surface area contributed by atoms with Crippen LogP contribution in [0.1, 0.15) is 29.5 Å². The Balaban J connectivity index is 1.50. The fraction of sp³-hybridized carbons (Fsp3) is 0.286. The first-order valence-corrected chi connectivity index (χ1v) is 9.91. The number of nitrogens with zero attached hydrogens (tertiary/aromatic N) is 3. The number of nitrogens with one attached hydrogen (secondary N) is 1. The Bertz CT molecular complexity index is 1220. The van der Waals surface area contributed by atoms with E-state index in [2.05, 4.69) is 10.4 Å². The molecule has 1 atom stereocenters. The molecule has 4 rings (SSSR count). The number of hydrogen-bond donors (Lipinski definition) is 1. The molecule has 0 radical (unpaired) electrons. The topological polar surface area (TPSA) is 68.9 Å². The number of amides is 1.